The molecule has 0 aliphatic carbocycles. The molecule has 47 heavy (non-hydrogen) atoms. The molecule has 1 aliphatic heterocycles. The van der Waals surface area contributed by atoms with Gasteiger partial charge in [-0.05, 0) is 88.3 Å². The predicted octanol–water partition coefficient (Wildman–Crippen LogP) is 7.28. The highest BCUT2D eigenvalue weighted by Crippen LogP contribution is 2.44. The summed E-state index contributed by atoms with van der Waals surface area (Å²) in [6.07, 6.45) is 1.55. The Morgan fingerprint density at radius 3 is 2.17 bits per heavy atom. The lowest BCUT2D eigenvalue weighted by molar-refractivity contribution is -0.00239. The van der Waals surface area contributed by atoms with E-state index in [1.54, 1.807) is 26.1 Å². The minimum atomic E-state index is -2.22. The van der Waals surface area contributed by atoms with E-state index in [-0.39, 0.29) is 41.1 Å². The van der Waals surface area contributed by atoms with Gasteiger partial charge in [0.15, 0.2) is 8.32 Å². The largest absolute Gasteiger partial charge is 0.444 e. The Balaban J connectivity index is 1.59. The summed E-state index contributed by atoms with van der Waals surface area (Å²) in [5.41, 5.74) is 1.92. The van der Waals surface area contributed by atoms with Crippen molar-refractivity contribution in [2.24, 2.45) is 7.05 Å². The van der Waals surface area contributed by atoms with E-state index in [1.165, 1.54) is 11.9 Å². The zero-order chi connectivity index (χ0) is 34.9. The Bertz CT molecular complexity index is 1590. The van der Waals surface area contributed by atoms with Crippen molar-refractivity contribution in [1.82, 2.24) is 19.6 Å². The SMILES string of the molecule is C[C@H](c1nn(C)c(=O)o1)N(C)C(=O)c1ccc(C[C@@H]2CC[C@H]([C@H](O[Si](C)(C)C(C)(C)C)c3ccccc3)N2C(=O)OC(C)(C)C)cc1. The van der Waals surface area contributed by atoms with Gasteiger partial charge in [-0.2, -0.15) is 4.68 Å². The average Bonchev–Trinajstić information content (AvgIpc) is 3.56. The molecule has 0 radical (unpaired) electrons. The summed E-state index contributed by atoms with van der Waals surface area (Å²) >= 11 is 0. The highest BCUT2D eigenvalue weighted by Gasteiger charge is 2.47. The lowest BCUT2D eigenvalue weighted by Crippen LogP contribution is -2.50. The van der Waals surface area contributed by atoms with Crippen molar-refractivity contribution in [3.8, 4) is 0 Å². The molecule has 1 aromatic heterocycles. The minimum absolute atomic E-state index is 0.00875. The van der Waals surface area contributed by atoms with Crippen molar-refractivity contribution in [3.63, 3.8) is 0 Å². The van der Waals surface area contributed by atoms with E-state index in [1.807, 2.05) is 56.0 Å². The van der Waals surface area contributed by atoms with E-state index in [0.717, 1.165) is 28.7 Å². The lowest BCUT2D eigenvalue weighted by atomic mass is 10.0. The molecule has 0 bridgehead atoms. The van der Waals surface area contributed by atoms with Gasteiger partial charge in [-0.1, -0.05) is 63.2 Å². The van der Waals surface area contributed by atoms with Crippen molar-refractivity contribution in [2.45, 2.75) is 116 Å². The van der Waals surface area contributed by atoms with Crippen LogP contribution in [0.25, 0.3) is 0 Å². The van der Waals surface area contributed by atoms with Gasteiger partial charge >= 0.3 is 11.8 Å². The number of aryl methyl sites for hydroxylation is 1. The first-order valence-electron chi connectivity index (χ1n) is 16.4. The second kappa shape index (κ2) is 13.8. The van der Waals surface area contributed by atoms with Crippen LogP contribution in [0.5, 0.6) is 0 Å². The Labute approximate surface area is 280 Å². The van der Waals surface area contributed by atoms with Gasteiger partial charge in [0.1, 0.15) is 11.6 Å². The zero-order valence-electron chi connectivity index (χ0n) is 29.9. The van der Waals surface area contributed by atoms with Crippen molar-refractivity contribution >= 4 is 20.3 Å². The highest BCUT2D eigenvalue weighted by molar-refractivity contribution is 6.74. The Kier molecular flexibility index (Phi) is 10.6. The van der Waals surface area contributed by atoms with Gasteiger partial charge in [0.2, 0.25) is 5.89 Å². The Hall–Kier alpha value is -3.70. The number of hydrogen-bond donors (Lipinski definition) is 0. The second-order valence-electron chi connectivity index (χ2n) is 15.2. The first-order valence-corrected chi connectivity index (χ1v) is 19.3. The number of likely N-dealkylation sites (tertiary alicyclic amines) is 1. The molecule has 2 aromatic carbocycles. The Morgan fingerprint density at radius 2 is 1.64 bits per heavy atom. The molecule has 1 saturated heterocycles. The van der Waals surface area contributed by atoms with Gasteiger partial charge in [-0.25, -0.2) is 9.59 Å². The number of aromatic nitrogens is 2. The number of carbonyl (C=O) groups is 2. The van der Waals surface area contributed by atoms with E-state index in [9.17, 15) is 14.4 Å². The van der Waals surface area contributed by atoms with Gasteiger partial charge in [0, 0.05) is 25.7 Å². The fourth-order valence-corrected chi connectivity index (χ4v) is 6.93. The fraction of sp³-hybridized carbons (Fsp3) is 0.556. The number of nitrogens with zero attached hydrogens (tertiary/aromatic N) is 4. The molecular weight excluding hydrogens is 613 g/mol. The maximum Gasteiger partial charge on any atom is 0.436 e. The van der Waals surface area contributed by atoms with Crippen LogP contribution in [0.2, 0.25) is 18.1 Å². The second-order valence-corrected chi connectivity index (χ2v) is 20.0. The van der Waals surface area contributed by atoms with Gasteiger partial charge in [-0.15, -0.1) is 5.10 Å². The zero-order valence-corrected chi connectivity index (χ0v) is 30.9. The normalized spacial score (nSPS) is 18.6. The molecule has 2 heterocycles. The molecule has 3 aromatic rings. The molecule has 0 spiro atoms. The van der Waals surface area contributed by atoms with Crippen LogP contribution in [-0.4, -0.2) is 64.6 Å². The fourth-order valence-electron chi connectivity index (χ4n) is 5.65. The van der Waals surface area contributed by atoms with Crippen LogP contribution in [0.15, 0.2) is 63.8 Å². The van der Waals surface area contributed by atoms with Crippen LogP contribution < -0.4 is 5.76 Å². The third-order valence-electron chi connectivity index (χ3n) is 9.49. The van der Waals surface area contributed by atoms with E-state index in [4.69, 9.17) is 13.6 Å². The molecule has 11 heteroatoms. The number of ether oxygens (including phenoxy) is 1. The molecule has 2 amide bonds. The summed E-state index contributed by atoms with van der Waals surface area (Å²) in [5, 5.41) is 4.08. The van der Waals surface area contributed by atoms with Crippen LogP contribution in [0.1, 0.15) is 101 Å². The number of rotatable bonds is 9. The van der Waals surface area contributed by atoms with E-state index >= 15 is 0 Å². The van der Waals surface area contributed by atoms with Gasteiger partial charge < -0.3 is 18.5 Å². The maximum atomic E-state index is 14.0. The van der Waals surface area contributed by atoms with Crippen LogP contribution in [-0.2, 0) is 22.6 Å². The van der Waals surface area contributed by atoms with Crippen LogP contribution >= 0.6 is 0 Å². The smallest absolute Gasteiger partial charge is 0.436 e. The summed E-state index contributed by atoms with van der Waals surface area (Å²) in [6, 6.07) is 16.9. The molecule has 256 valence electrons. The van der Waals surface area contributed by atoms with Crippen molar-refractivity contribution in [2.75, 3.05) is 7.05 Å². The molecule has 1 aliphatic rings. The Morgan fingerprint density at radius 1 is 1.02 bits per heavy atom. The number of carbonyl (C=O) groups excluding carboxylic acids is 2. The maximum absolute atomic E-state index is 14.0. The third-order valence-corrected chi connectivity index (χ3v) is 13.9. The summed E-state index contributed by atoms with van der Waals surface area (Å²) in [6.45, 7) is 18.6. The standard InChI is InChI=1S/C36H52N4O6Si/c1-24(31-37-39(9)33(42)44-31)38(8)32(41)27-19-17-25(18-20-27)23-28-21-22-29(40(28)34(43)45-35(2,3)4)30(26-15-13-12-14-16-26)46-47(10,11)36(5,6)7/h12-20,24,28-30H,21-23H2,1-11H3/t24-,28+,29-,30-/m1/s1. The molecule has 4 rings (SSSR count). The summed E-state index contributed by atoms with van der Waals surface area (Å²) in [5.74, 6) is -0.621. The average molecular weight is 665 g/mol. The summed E-state index contributed by atoms with van der Waals surface area (Å²) in [7, 11) is 0.932. The molecular formula is C36H52N4O6Si. The van der Waals surface area contributed by atoms with Crippen LogP contribution in [0, 0.1) is 0 Å². The molecule has 0 N–H and O–H groups in total. The molecule has 0 saturated carbocycles. The van der Waals surface area contributed by atoms with Crippen LogP contribution in [0.4, 0.5) is 4.79 Å². The van der Waals surface area contributed by atoms with Crippen LogP contribution in [0.3, 0.4) is 0 Å². The van der Waals surface area contributed by atoms with E-state index in [2.05, 4.69) is 51.1 Å². The molecule has 1 fully saturated rings. The monoisotopic (exact) mass is 664 g/mol. The quantitative estimate of drug-likeness (QED) is 0.221. The molecule has 4 atom stereocenters. The van der Waals surface area contributed by atoms with Gasteiger partial charge in [-0.3, -0.25) is 9.69 Å². The number of benzene rings is 2. The van der Waals surface area contributed by atoms with E-state index in [0.29, 0.717) is 12.0 Å². The minimum Gasteiger partial charge on any atom is -0.444 e. The topological polar surface area (TPSA) is 107 Å². The van der Waals surface area contributed by atoms with Gasteiger partial charge in [0.05, 0.1) is 12.1 Å². The van der Waals surface area contributed by atoms with Crippen molar-refractivity contribution in [1.29, 1.82) is 0 Å². The van der Waals surface area contributed by atoms with E-state index < -0.39 is 25.7 Å². The molecule has 0 unspecified atom stereocenters. The summed E-state index contributed by atoms with van der Waals surface area (Å²) < 4.78 is 19.4. The third kappa shape index (κ3) is 8.42. The first-order chi connectivity index (χ1) is 21.8. The predicted molar refractivity (Wildman–Crippen MR) is 185 cm³/mol. The molecule has 10 nitrogen and oxygen atoms in total. The van der Waals surface area contributed by atoms with Crippen molar-refractivity contribution in [3.05, 3.63) is 87.7 Å². The first kappa shape index (κ1) is 36.1. The number of amides is 2. The number of hydrogen-bond acceptors (Lipinski definition) is 7. The van der Waals surface area contributed by atoms with Gasteiger partial charge in [0.25, 0.3) is 5.91 Å². The lowest BCUT2D eigenvalue weighted by Gasteiger charge is -2.43. The highest BCUT2D eigenvalue weighted by atomic mass is 28.4. The van der Waals surface area contributed by atoms with Crippen molar-refractivity contribution < 1.29 is 23.2 Å². The summed E-state index contributed by atoms with van der Waals surface area (Å²) in [4.78, 5) is 42.4.